The summed E-state index contributed by atoms with van der Waals surface area (Å²) in [5.74, 6) is 1.25. The highest BCUT2D eigenvalue weighted by atomic mass is 127. The molecule has 178 valence electrons. The Kier molecular flexibility index (Phi) is 11.3. The fourth-order valence-electron chi connectivity index (χ4n) is 4.85. The monoisotopic (exact) mass is 548 g/mol. The summed E-state index contributed by atoms with van der Waals surface area (Å²) in [6.07, 6.45) is 8.71. The summed E-state index contributed by atoms with van der Waals surface area (Å²) >= 11 is 0. The summed E-state index contributed by atoms with van der Waals surface area (Å²) in [5, 5.41) is 6.51. The molecule has 1 unspecified atom stereocenters. The molecule has 2 saturated heterocycles. The summed E-state index contributed by atoms with van der Waals surface area (Å²) in [7, 11) is 1.79. The van der Waals surface area contributed by atoms with E-state index >= 15 is 0 Å². The van der Waals surface area contributed by atoms with Crippen LogP contribution < -0.4 is 10.6 Å². The summed E-state index contributed by atoms with van der Waals surface area (Å²) in [6.45, 7) is 7.83. The second kappa shape index (κ2) is 13.4. The van der Waals surface area contributed by atoms with Crippen LogP contribution in [0.1, 0.15) is 58.3 Å². The molecule has 3 rings (SSSR count). The maximum atomic E-state index is 12.7. The zero-order valence-corrected chi connectivity index (χ0v) is 21.6. The molecule has 0 aromatic rings. The summed E-state index contributed by atoms with van der Waals surface area (Å²) < 4.78 is 0. The molecule has 2 N–H and O–H groups in total. The van der Waals surface area contributed by atoms with Crippen molar-refractivity contribution >= 4 is 41.8 Å². The first-order chi connectivity index (χ1) is 14.6. The van der Waals surface area contributed by atoms with E-state index in [0.29, 0.717) is 19.0 Å². The average Bonchev–Trinajstić information content (AvgIpc) is 3.31. The number of aliphatic imine (C=N–C) groups is 1. The van der Waals surface area contributed by atoms with Gasteiger partial charge in [-0.1, -0.05) is 19.3 Å². The topological polar surface area (TPSA) is 80.3 Å². The Morgan fingerprint density at radius 3 is 2.19 bits per heavy atom. The number of piperazine rings is 1. The molecule has 2 heterocycles. The van der Waals surface area contributed by atoms with Gasteiger partial charge >= 0.3 is 0 Å². The van der Waals surface area contributed by atoms with Crippen LogP contribution in [0, 0.1) is 0 Å². The maximum Gasteiger partial charge on any atom is 0.239 e. The van der Waals surface area contributed by atoms with Crippen molar-refractivity contribution in [3.05, 3.63) is 0 Å². The van der Waals surface area contributed by atoms with E-state index in [1.165, 1.54) is 19.3 Å². The minimum Gasteiger partial charge on any atom is -0.356 e. The van der Waals surface area contributed by atoms with Crippen molar-refractivity contribution in [3.8, 4) is 0 Å². The van der Waals surface area contributed by atoms with Crippen LogP contribution in [-0.2, 0) is 9.59 Å². The number of hydrogen-bond acceptors (Lipinski definition) is 4. The molecule has 3 fully saturated rings. The van der Waals surface area contributed by atoms with Crippen LogP contribution in [0.4, 0.5) is 0 Å². The van der Waals surface area contributed by atoms with Crippen LogP contribution in [0.3, 0.4) is 0 Å². The number of nitrogens with one attached hydrogen (secondary N) is 2. The van der Waals surface area contributed by atoms with Gasteiger partial charge in [-0.05, 0) is 32.6 Å². The zero-order valence-electron chi connectivity index (χ0n) is 19.3. The van der Waals surface area contributed by atoms with Gasteiger partial charge in [-0.2, -0.15) is 0 Å². The van der Waals surface area contributed by atoms with E-state index in [2.05, 4.69) is 25.4 Å². The van der Waals surface area contributed by atoms with Crippen molar-refractivity contribution in [2.75, 3.05) is 52.9 Å². The van der Waals surface area contributed by atoms with Gasteiger partial charge in [0.05, 0.1) is 6.04 Å². The highest BCUT2D eigenvalue weighted by molar-refractivity contribution is 14.0. The van der Waals surface area contributed by atoms with Crippen LogP contribution in [0.2, 0.25) is 0 Å². The van der Waals surface area contributed by atoms with Crippen LogP contribution in [0.15, 0.2) is 4.99 Å². The molecule has 1 aliphatic carbocycles. The highest BCUT2D eigenvalue weighted by Crippen LogP contribution is 2.17. The van der Waals surface area contributed by atoms with Crippen LogP contribution in [0.5, 0.6) is 0 Å². The third-order valence-corrected chi connectivity index (χ3v) is 6.75. The van der Waals surface area contributed by atoms with Crippen molar-refractivity contribution in [2.45, 2.75) is 70.4 Å². The lowest BCUT2D eigenvalue weighted by atomic mass is 9.95. The first-order valence-electron chi connectivity index (χ1n) is 11.9. The Morgan fingerprint density at radius 1 is 0.935 bits per heavy atom. The van der Waals surface area contributed by atoms with Gasteiger partial charge in [0, 0.05) is 65.3 Å². The molecule has 0 bridgehead atoms. The van der Waals surface area contributed by atoms with Crippen molar-refractivity contribution in [2.24, 2.45) is 4.99 Å². The Hall–Kier alpha value is -1.10. The predicted molar refractivity (Wildman–Crippen MR) is 135 cm³/mol. The lowest BCUT2D eigenvalue weighted by Gasteiger charge is -2.39. The minimum atomic E-state index is -0.0521. The van der Waals surface area contributed by atoms with Gasteiger partial charge in [0.25, 0.3) is 0 Å². The predicted octanol–water partition coefficient (Wildman–Crippen LogP) is 1.65. The largest absolute Gasteiger partial charge is 0.356 e. The Balaban J connectivity index is 0.00000341. The maximum absolute atomic E-state index is 12.7. The van der Waals surface area contributed by atoms with E-state index in [-0.39, 0.29) is 41.8 Å². The van der Waals surface area contributed by atoms with E-state index in [1.54, 1.807) is 7.05 Å². The number of amides is 2. The highest BCUT2D eigenvalue weighted by Gasteiger charge is 2.30. The van der Waals surface area contributed by atoms with Crippen molar-refractivity contribution in [1.82, 2.24) is 25.3 Å². The first kappa shape index (κ1) is 26.2. The lowest BCUT2D eigenvalue weighted by Crippen LogP contribution is -2.57. The number of guanidine groups is 1. The molecule has 1 saturated carbocycles. The molecule has 0 radical (unpaired) electrons. The van der Waals surface area contributed by atoms with Gasteiger partial charge in [0.2, 0.25) is 11.8 Å². The molecule has 9 heteroatoms. The SMILES string of the molecule is CN=C(NCCC(=O)NC1CCCCC1)N1CCN(C(C)C(=O)N2CCCC2)CC1.I. The quantitative estimate of drug-likeness (QED) is 0.300. The Labute approximate surface area is 204 Å². The number of hydrogen-bond donors (Lipinski definition) is 2. The van der Waals surface area contributed by atoms with E-state index in [1.807, 2.05) is 11.8 Å². The number of halogens is 1. The fraction of sp³-hybridized carbons (Fsp3) is 0.864. The van der Waals surface area contributed by atoms with E-state index in [4.69, 9.17) is 0 Å². The molecule has 8 nitrogen and oxygen atoms in total. The molecule has 0 spiro atoms. The smallest absolute Gasteiger partial charge is 0.239 e. The molecule has 3 aliphatic rings. The molecule has 2 amide bonds. The third-order valence-electron chi connectivity index (χ3n) is 6.75. The molecule has 1 atom stereocenters. The van der Waals surface area contributed by atoms with Crippen molar-refractivity contribution < 1.29 is 9.59 Å². The summed E-state index contributed by atoms with van der Waals surface area (Å²) in [6, 6.07) is 0.313. The summed E-state index contributed by atoms with van der Waals surface area (Å²) in [5.41, 5.74) is 0. The first-order valence-corrected chi connectivity index (χ1v) is 11.9. The average molecular weight is 549 g/mol. The number of rotatable bonds is 6. The van der Waals surface area contributed by atoms with Gasteiger partial charge in [-0.15, -0.1) is 24.0 Å². The Bertz CT molecular complexity index is 597. The standard InChI is InChI=1S/C22H40N6O2.HI/c1-18(21(30)27-12-6-7-13-27)26-14-16-28(17-15-26)22(23-2)24-11-10-20(29)25-19-8-4-3-5-9-19;/h18-19H,3-17H2,1-2H3,(H,23,24)(H,25,29);1H. The normalized spacial score (nSPS) is 22.1. The van der Waals surface area contributed by atoms with Gasteiger partial charge < -0.3 is 20.4 Å². The van der Waals surface area contributed by atoms with E-state index in [9.17, 15) is 9.59 Å². The number of carbonyl (C=O) groups is 2. The van der Waals surface area contributed by atoms with Gasteiger partial charge in [-0.3, -0.25) is 19.5 Å². The second-order valence-corrected chi connectivity index (χ2v) is 8.86. The molecular formula is C22H41IN6O2. The number of nitrogens with zero attached hydrogens (tertiary/aromatic N) is 4. The van der Waals surface area contributed by atoms with Crippen molar-refractivity contribution in [1.29, 1.82) is 0 Å². The lowest BCUT2D eigenvalue weighted by molar-refractivity contribution is -0.135. The Morgan fingerprint density at radius 2 is 1.58 bits per heavy atom. The molecule has 31 heavy (non-hydrogen) atoms. The van der Waals surface area contributed by atoms with Crippen LogP contribution in [-0.4, -0.2) is 97.4 Å². The van der Waals surface area contributed by atoms with E-state index < -0.39 is 0 Å². The van der Waals surface area contributed by atoms with Gasteiger partial charge in [0.15, 0.2) is 5.96 Å². The van der Waals surface area contributed by atoms with Crippen LogP contribution >= 0.6 is 24.0 Å². The van der Waals surface area contributed by atoms with Gasteiger partial charge in [-0.25, -0.2) is 0 Å². The summed E-state index contributed by atoms with van der Waals surface area (Å²) in [4.78, 5) is 35.8. The fourth-order valence-corrected chi connectivity index (χ4v) is 4.85. The van der Waals surface area contributed by atoms with E-state index in [0.717, 1.165) is 70.9 Å². The minimum absolute atomic E-state index is 0. The molecular weight excluding hydrogens is 507 g/mol. The molecule has 0 aromatic heterocycles. The third kappa shape index (κ3) is 7.76. The number of carbonyl (C=O) groups excluding carboxylic acids is 2. The van der Waals surface area contributed by atoms with Gasteiger partial charge in [0.1, 0.15) is 0 Å². The van der Waals surface area contributed by atoms with Crippen molar-refractivity contribution in [3.63, 3.8) is 0 Å². The molecule has 2 aliphatic heterocycles. The van der Waals surface area contributed by atoms with Crippen LogP contribution in [0.25, 0.3) is 0 Å². The zero-order chi connectivity index (χ0) is 21.3. The number of likely N-dealkylation sites (tertiary alicyclic amines) is 1. The molecule has 0 aromatic carbocycles. The second-order valence-electron chi connectivity index (χ2n) is 8.86.